The fourth-order valence-corrected chi connectivity index (χ4v) is 1.60. The Morgan fingerprint density at radius 3 is 2.71 bits per heavy atom. The average Bonchev–Trinajstić information content (AvgIpc) is 2.64. The summed E-state index contributed by atoms with van der Waals surface area (Å²) < 4.78 is 0. The van der Waals surface area contributed by atoms with E-state index in [1.54, 1.807) is 0 Å². The molecule has 3 heteroatoms. The lowest BCUT2D eigenvalue weighted by Crippen LogP contribution is -2.16. The molecule has 74 valence electrons. The quantitative estimate of drug-likeness (QED) is 0.700. The molecule has 0 unspecified atom stereocenters. The summed E-state index contributed by atoms with van der Waals surface area (Å²) in [5, 5.41) is 3.38. The summed E-state index contributed by atoms with van der Waals surface area (Å²) in [7, 11) is 0. The minimum Gasteiger partial charge on any atom is -0.397 e. The zero-order chi connectivity index (χ0) is 9.97. The van der Waals surface area contributed by atoms with Gasteiger partial charge in [-0.3, -0.25) is 0 Å². The van der Waals surface area contributed by atoms with Gasteiger partial charge in [0.15, 0.2) is 0 Å². The minimum absolute atomic E-state index is 0.505. The van der Waals surface area contributed by atoms with Gasteiger partial charge in [-0.25, -0.2) is 4.98 Å². The second-order valence-corrected chi connectivity index (χ2v) is 3.66. The predicted molar refractivity (Wildman–Crippen MR) is 59.2 cm³/mol. The predicted octanol–water partition coefficient (Wildman–Crippen LogP) is 2.10. The molecule has 2 rings (SSSR count). The van der Waals surface area contributed by atoms with Crippen molar-refractivity contribution in [3.8, 4) is 0 Å². The Bertz CT molecular complexity index is 350. The fraction of sp³-hybridized carbons (Fsp3) is 0.364. The number of nitrogens with one attached hydrogen (secondary N) is 1. The molecular formula is C11H15N3. The van der Waals surface area contributed by atoms with Crippen LogP contribution < -0.4 is 11.1 Å². The third kappa shape index (κ3) is 1.87. The van der Waals surface area contributed by atoms with Gasteiger partial charge < -0.3 is 11.1 Å². The van der Waals surface area contributed by atoms with Gasteiger partial charge in [0.1, 0.15) is 5.82 Å². The van der Waals surface area contributed by atoms with Crippen LogP contribution >= 0.6 is 0 Å². The molecule has 0 aromatic carbocycles. The topological polar surface area (TPSA) is 50.9 Å². The molecular weight excluding hydrogens is 174 g/mol. The first-order valence-electron chi connectivity index (χ1n) is 4.90. The number of aryl methyl sites for hydroxylation is 1. The largest absolute Gasteiger partial charge is 0.397 e. The number of hydrogen-bond acceptors (Lipinski definition) is 3. The Morgan fingerprint density at radius 2 is 2.07 bits per heavy atom. The Morgan fingerprint density at radius 1 is 1.36 bits per heavy atom. The van der Waals surface area contributed by atoms with E-state index in [9.17, 15) is 0 Å². The van der Waals surface area contributed by atoms with Crippen molar-refractivity contribution >= 4 is 11.5 Å². The van der Waals surface area contributed by atoms with Crippen molar-refractivity contribution in [1.29, 1.82) is 0 Å². The normalized spacial score (nSPS) is 16.1. The van der Waals surface area contributed by atoms with E-state index in [1.165, 1.54) is 0 Å². The lowest BCUT2D eigenvalue weighted by atomic mass is 10.2. The van der Waals surface area contributed by atoms with Crippen molar-refractivity contribution in [2.24, 2.45) is 0 Å². The number of hydrogen-bond donors (Lipinski definition) is 2. The van der Waals surface area contributed by atoms with Gasteiger partial charge in [-0.1, -0.05) is 12.2 Å². The van der Waals surface area contributed by atoms with E-state index in [-0.39, 0.29) is 0 Å². The van der Waals surface area contributed by atoms with E-state index in [0.717, 1.165) is 30.0 Å². The van der Waals surface area contributed by atoms with Crippen LogP contribution in [0.5, 0.6) is 0 Å². The molecule has 1 aromatic rings. The van der Waals surface area contributed by atoms with Crippen LogP contribution in [0.4, 0.5) is 11.5 Å². The smallest absolute Gasteiger partial charge is 0.126 e. The molecule has 3 N–H and O–H groups in total. The maximum Gasteiger partial charge on any atom is 0.126 e. The summed E-state index contributed by atoms with van der Waals surface area (Å²) in [5.74, 6) is 0.922. The number of nitrogen functional groups attached to an aromatic ring is 1. The molecule has 1 aliphatic rings. The van der Waals surface area contributed by atoms with Crippen LogP contribution in [-0.2, 0) is 0 Å². The van der Waals surface area contributed by atoms with Crippen LogP contribution in [0.3, 0.4) is 0 Å². The zero-order valence-electron chi connectivity index (χ0n) is 8.33. The highest BCUT2D eigenvalue weighted by Gasteiger charge is 2.10. The lowest BCUT2D eigenvalue weighted by molar-refractivity contribution is 0.780. The minimum atomic E-state index is 0.505. The number of anilines is 2. The molecule has 0 saturated carbocycles. The number of rotatable bonds is 2. The molecule has 0 bridgehead atoms. The molecule has 14 heavy (non-hydrogen) atoms. The van der Waals surface area contributed by atoms with Crippen LogP contribution in [0.2, 0.25) is 0 Å². The van der Waals surface area contributed by atoms with Gasteiger partial charge in [-0.15, -0.1) is 0 Å². The van der Waals surface area contributed by atoms with Gasteiger partial charge in [-0.05, 0) is 31.9 Å². The molecule has 3 nitrogen and oxygen atoms in total. The Balaban J connectivity index is 2.06. The van der Waals surface area contributed by atoms with E-state index in [4.69, 9.17) is 5.73 Å². The van der Waals surface area contributed by atoms with Gasteiger partial charge >= 0.3 is 0 Å². The number of aromatic nitrogens is 1. The fourth-order valence-electron chi connectivity index (χ4n) is 1.60. The zero-order valence-corrected chi connectivity index (χ0v) is 8.33. The van der Waals surface area contributed by atoms with Crippen molar-refractivity contribution < 1.29 is 0 Å². The first-order valence-corrected chi connectivity index (χ1v) is 4.90. The maximum absolute atomic E-state index is 5.69. The van der Waals surface area contributed by atoms with E-state index >= 15 is 0 Å². The molecule has 0 atom stereocenters. The second-order valence-electron chi connectivity index (χ2n) is 3.66. The van der Waals surface area contributed by atoms with Gasteiger partial charge in [-0.2, -0.15) is 0 Å². The summed E-state index contributed by atoms with van der Waals surface area (Å²) in [6.07, 6.45) is 6.57. The van der Waals surface area contributed by atoms with Crippen molar-refractivity contribution in [3.63, 3.8) is 0 Å². The Kier molecular flexibility index (Phi) is 2.39. The van der Waals surface area contributed by atoms with E-state index in [1.807, 2.05) is 19.1 Å². The van der Waals surface area contributed by atoms with E-state index < -0.39 is 0 Å². The highest BCUT2D eigenvalue weighted by molar-refractivity contribution is 5.49. The molecule has 0 fully saturated rings. The first-order chi connectivity index (χ1) is 6.75. The van der Waals surface area contributed by atoms with Gasteiger partial charge in [0.2, 0.25) is 0 Å². The molecule has 0 amide bonds. The van der Waals surface area contributed by atoms with Crippen molar-refractivity contribution in [3.05, 3.63) is 30.0 Å². The highest BCUT2D eigenvalue weighted by atomic mass is 15.0. The second kappa shape index (κ2) is 3.70. The van der Waals surface area contributed by atoms with Gasteiger partial charge in [0, 0.05) is 6.04 Å². The summed E-state index contributed by atoms with van der Waals surface area (Å²) in [4.78, 5) is 4.37. The van der Waals surface area contributed by atoms with Crippen LogP contribution in [0.15, 0.2) is 24.3 Å². The van der Waals surface area contributed by atoms with Crippen LogP contribution in [0.25, 0.3) is 0 Å². The summed E-state index contributed by atoms with van der Waals surface area (Å²) in [5.41, 5.74) is 7.33. The Labute approximate surface area is 84.0 Å². The molecule has 1 heterocycles. The highest BCUT2D eigenvalue weighted by Crippen LogP contribution is 2.17. The molecule has 1 aliphatic carbocycles. The number of nitrogens with two attached hydrogens (primary N) is 1. The van der Waals surface area contributed by atoms with Crippen molar-refractivity contribution in [2.75, 3.05) is 11.1 Å². The van der Waals surface area contributed by atoms with E-state index in [0.29, 0.717) is 6.04 Å². The summed E-state index contributed by atoms with van der Waals surface area (Å²) >= 11 is 0. The monoisotopic (exact) mass is 189 g/mol. The van der Waals surface area contributed by atoms with Crippen LogP contribution in [-0.4, -0.2) is 11.0 Å². The van der Waals surface area contributed by atoms with Gasteiger partial charge in [0.25, 0.3) is 0 Å². The molecule has 0 saturated heterocycles. The SMILES string of the molecule is Cc1nc(NC2CC=CC2)ccc1N. The van der Waals surface area contributed by atoms with Crippen LogP contribution in [0, 0.1) is 6.92 Å². The molecule has 1 aromatic heterocycles. The maximum atomic E-state index is 5.69. The summed E-state index contributed by atoms with van der Waals surface area (Å²) in [6, 6.07) is 4.33. The number of pyridine rings is 1. The first kappa shape index (κ1) is 9.06. The summed E-state index contributed by atoms with van der Waals surface area (Å²) in [6.45, 7) is 1.92. The molecule has 0 aliphatic heterocycles. The van der Waals surface area contributed by atoms with Crippen molar-refractivity contribution in [2.45, 2.75) is 25.8 Å². The lowest BCUT2D eigenvalue weighted by Gasteiger charge is -2.13. The third-order valence-electron chi connectivity index (χ3n) is 2.49. The molecule has 0 spiro atoms. The standard InChI is InChI=1S/C11H15N3/c1-8-10(12)6-7-11(13-8)14-9-4-2-3-5-9/h2-3,6-7,9H,4-5,12H2,1H3,(H,13,14). The Hall–Kier alpha value is -1.51. The van der Waals surface area contributed by atoms with Crippen molar-refractivity contribution in [1.82, 2.24) is 4.98 Å². The van der Waals surface area contributed by atoms with Gasteiger partial charge in [0.05, 0.1) is 11.4 Å². The van der Waals surface area contributed by atoms with E-state index in [2.05, 4.69) is 22.5 Å². The number of nitrogens with zero attached hydrogens (tertiary/aromatic N) is 1. The van der Waals surface area contributed by atoms with Crippen LogP contribution in [0.1, 0.15) is 18.5 Å². The molecule has 0 radical (unpaired) electrons. The third-order valence-corrected chi connectivity index (χ3v) is 2.49. The average molecular weight is 189 g/mol.